The van der Waals surface area contributed by atoms with Crippen LogP contribution in [-0.4, -0.2) is 20.5 Å². The molecule has 0 saturated heterocycles. The zero-order valence-electron chi connectivity index (χ0n) is 17.2. The van der Waals surface area contributed by atoms with Crippen LogP contribution >= 0.6 is 0 Å². The van der Waals surface area contributed by atoms with Crippen LogP contribution in [0.1, 0.15) is 46.2 Å². The maximum Gasteiger partial charge on any atom is 0.340 e. The lowest BCUT2D eigenvalue weighted by molar-refractivity contribution is 0.0319. The van der Waals surface area contributed by atoms with Crippen LogP contribution in [0.2, 0.25) is 0 Å². The van der Waals surface area contributed by atoms with Crippen molar-refractivity contribution in [3.05, 3.63) is 99.4 Å². The Labute approximate surface area is 174 Å². The Bertz CT molecular complexity index is 1270. The smallest absolute Gasteiger partial charge is 0.340 e. The van der Waals surface area contributed by atoms with Crippen molar-refractivity contribution in [2.45, 2.75) is 33.4 Å². The summed E-state index contributed by atoms with van der Waals surface area (Å²) < 4.78 is 7.73. The molecule has 2 aromatic heterocycles. The lowest BCUT2D eigenvalue weighted by Crippen LogP contribution is -2.17. The second kappa shape index (κ2) is 7.99. The topological polar surface area (TPSA) is 77.0 Å². The number of carbonyl (C=O) groups is 1. The van der Waals surface area contributed by atoms with E-state index in [0.29, 0.717) is 28.8 Å². The number of aromatic nitrogens is 3. The molecule has 0 aliphatic carbocycles. The molecule has 0 radical (unpaired) electrons. The van der Waals surface area contributed by atoms with Crippen molar-refractivity contribution in [1.82, 2.24) is 14.5 Å². The van der Waals surface area contributed by atoms with E-state index in [1.165, 1.54) is 0 Å². The first-order valence-corrected chi connectivity index (χ1v) is 9.84. The predicted molar refractivity (Wildman–Crippen MR) is 116 cm³/mol. The van der Waals surface area contributed by atoms with E-state index >= 15 is 0 Å². The maximum absolute atomic E-state index is 12.9. The van der Waals surface area contributed by atoms with Crippen molar-refractivity contribution in [2.24, 2.45) is 0 Å². The third kappa shape index (κ3) is 3.76. The molecule has 2 heterocycles. The number of esters is 1. The number of rotatable bonds is 5. The normalized spacial score (nSPS) is 12.1. The molecule has 152 valence electrons. The lowest BCUT2D eigenvalue weighted by Gasteiger charge is -2.14. The van der Waals surface area contributed by atoms with Crippen molar-refractivity contribution in [3.63, 3.8) is 0 Å². The van der Waals surface area contributed by atoms with Crippen molar-refractivity contribution in [2.75, 3.05) is 0 Å². The highest BCUT2D eigenvalue weighted by molar-refractivity contribution is 5.91. The number of hydrogen-bond donors (Lipinski definition) is 1. The van der Waals surface area contributed by atoms with Crippen LogP contribution in [0.3, 0.4) is 0 Å². The molecule has 4 aromatic rings. The average Bonchev–Trinajstić information content (AvgIpc) is 3.03. The molecule has 6 nitrogen and oxygen atoms in total. The molecular formula is C24H23N3O3. The van der Waals surface area contributed by atoms with E-state index in [2.05, 4.69) is 26.7 Å². The molecule has 0 saturated carbocycles. The highest BCUT2D eigenvalue weighted by Crippen LogP contribution is 2.21. The van der Waals surface area contributed by atoms with E-state index in [4.69, 9.17) is 4.74 Å². The van der Waals surface area contributed by atoms with Crippen LogP contribution in [0.5, 0.6) is 0 Å². The van der Waals surface area contributed by atoms with Crippen molar-refractivity contribution in [3.8, 4) is 0 Å². The van der Waals surface area contributed by atoms with Crippen LogP contribution in [0, 0.1) is 13.8 Å². The van der Waals surface area contributed by atoms with Gasteiger partial charge in [0.1, 0.15) is 0 Å². The Kier molecular flexibility index (Phi) is 5.23. The summed E-state index contributed by atoms with van der Waals surface area (Å²) in [5.41, 5.74) is 3.81. The van der Waals surface area contributed by atoms with Gasteiger partial charge in [-0.05, 0) is 44.5 Å². The van der Waals surface area contributed by atoms with Crippen LogP contribution in [-0.2, 0) is 11.3 Å². The first kappa shape index (κ1) is 19.6. The standard InChI is InChI=1S/C24H23N3O3/c1-15-13-20(16(2)27(15)14-18-9-5-4-6-10-18)24(29)30-17(3)22-25-21-12-8-7-11-19(21)23(28)26-22/h4-13,17H,14H2,1-3H3,(H,25,26,28)/t17-/m1/s1. The fraction of sp³-hybridized carbons (Fsp3) is 0.208. The lowest BCUT2D eigenvalue weighted by atomic mass is 10.2. The van der Waals surface area contributed by atoms with Crippen LogP contribution < -0.4 is 5.56 Å². The summed E-state index contributed by atoms with van der Waals surface area (Å²) in [6.07, 6.45) is -0.688. The predicted octanol–water partition coefficient (Wildman–Crippen LogP) is 4.31. The van der Waals surface area contributed by atoms with E-state index in [-0.39, 0.29) is 5.56 Å². The molecule has 4 rings (SSSR count). The third-order valence-corrected chi connectivity index (χ3v) is 5.28. The second-order valence-electron chi connectivity index (χ2n) is 7.37. The molecule has 6 heteroatoms. The van der Waals surface area contributed by atoms with Gasteiger partial charge in [0.15, 0.2) is 11.9 Å². The molecule has 0 bridgehead atoms. The Balaban J connectivity index is 1.57. The molecular weight excluding hydrogens is 378 g/mol. The average molecular weight is 401 g/mol. The van der Waals surface area contributed by atoms with Crippen LogP contribution in [0.15, 0.2) is 65.5 Å². The molecule has 1 N–H and O–H groups in total. The van der Waals surface area contributed by atoms with E-state index in [9.17, 15) is 9.59 Å². The number of hydrogen-bond acceptors (Lipinski definition) is 4. The van der Waals surface area contributed by atoms with Crippen molar-refractivity contribution in [1.29, 1.82) is 0 Å². The van der Waals surface area contributed by atoms with Crippen LogP contribution in [0.25, 0.3) is 10.9 Å². The molecule has 0 unspecified atom stereocenters. The fourth-order valence-corrected chi connectivity index (χ4v) is 3.59. The molecule has 0 spiro atoms. The number of benzene rings is 2. The zero-order valence-corrected chi connectivity index (χ0v) is 17.2. The molecule has 1 atom stereocenters. The highest BCUT2D eigenvalue weighted by Gasteiger charge is 2.21. The Morgan fingerprint density at radius 2 is 1.80 bits per heavy atom. The first-order valence-electron chi connectivity index (χ1n) is 9.84. The van der Waals surface area contributed by atoms with Gasteiger partial charge in [0.2, 0.25) is 0 Å². The number of para-hydroxylation sites is 1. The van der Waals surface area contributed by atoms with E-state index in [1.54, 1.807) is 25.1 Å². The van der Waals surface area contributed by atoms with Gasteiger partial charge in [0, 0.05) is 17.9 Å². The van der Waals surface area contributed by atoms with Crippen molar-refractivity contribution < 1.29 is 9.53 Å². The number of nitrogens with zero attached hydrogens (tertiary/aromatic N) is 2. The second-order valence-corrected chi connectivity index (χ2v) is 7.37. The van der Waals surface area contributed by atoms with Gasteiger partial charge in [-0.3, -0.25) is 4.79 Å². The number of nitrogens with one attached hydrogen (secondary N) is 1. The van der Waals surface area contributed by atoms with Gasteiger partial charge in [0.05, 0.1) is 16.5 Å². The quantitative estimate of drug-likeness (QED) is 0.506. The Morgan fingerprint density at radius 3 is 2.57 bits per heavy atom. The van der Waals surface area contributed by atoms with E-state index in [1.807, 2.05) is 44.2 Å². The minimum absolute atomic E-state index is 0.250. The summed E-state index contributed by atoms with van der Waals surface area (Å²) in [6, 6.07) is 19.0. The van der Waals surface area contributed by atoms with Gasteiger partial charge in [0.25, 0.3) is 5.56 Å². The first-order chi connectivity index (χ1) is 14.4. The van der Waals surface area contributed by atoms with Gasteiger partial charge in [-0.2, -0.15) is 0 Å². The van der Waals surface area contributed by atoms with Gasteiger partial charge in [-0.25, -0.2) is 9.78 Å². The summed E-state index contributed by atoms with van der Waals surface area (Å²) in [5, 5.41) is 0.504. The van der Waals surface area contributed by atoms with Crippen molar-refractivity contribution >= 4 is 16.9 Å². The number of fused-ring (bicyclic) bond motifs is 1. The van der Waals surface area contributed by atoms with Gasteiger partial charge in [-0.1, -0.05) is 42.5 Å². The summed E-state index contributed by atoms with van der Waals surface area (Å²) in [7, 11) is 0. The van der Waals surface area contributed by atoms with Gasteiger partial charge >= 0.3 is 5.97 Å². The van der Waals surface area contributed by atoms with Crippen LogP contribution in [0.4, 0.5) is 0 Å². The summed E-state index contributed by atoms with van der Waals surface area (Å²) in [5.74, 6) is -0.115. The SMILES string of the molecule is Cc1cc(C(=O)O[C@H](C)c2nc3ccccc3c(=O)[nH]2)c(C)n1Cc1ccccc1. The maximum atomic E-state index is 12.9. The van der Waals surface area contributed by atoms with E-state index < -0.39 is 12.1 Å². The number of carbonyl (C=O) groups excluding carboxylic acids is 1. The Hall–Kier alpha value is -3.67. The highest BCUT2D eigenvalue weighted by atomic mass is 16.5. The third-order valence-electron chi connectivity index (χ3n) is 5.28. The molecule has 2 aromatic carbocycles. The van der Waals surface area contributed by atoms with E-state index in [0.717, 1.165) is 17.0 Å². The van der Waals surface area contributed by atoms with Gasteiger partial charge < -0.3 is 14.3 Å². The number of aromatic amines is 1. The molecule has 0 aliphatic heterocycles. The molecule has 30 heavy (non-hydrogen) atoms. The summed E-state index contributed by atoms with van der Waals surface area (Å²) >= 11 is 0. The molecule has 0 fully saturated rings. The molecule has 0 aliphatic rings. The number of aryl methyl sites for hydroxylation is 1. The number of H-pyrrole nitrogens is 1. The monoisotopic (exact) mass is 401 g/mol. The van der Waals surface area contributed by atoms with Gasteiger partial charge in [-0.15, -0.1) is 0 Å². The zero-order chi connectivity index (χ0) is 21.3. The minimum Gasteiger partial charge on any atom is -0.451 e. The Morgan fingerprint density at radius 1 is 1.10 bits per heavy atom. The number of ether oxygens (including phenoxy) is 1. The summed E-state index contributed by atoms with van der Waals surface area (Å²) in [4.78, 5) is 32.3. The largest absolute Gasteiger partial charge is 0.451 e. The molecule has 0 amide bonds. The summed E-state index contributed by atoms with van der Waals surface area (Å²) in [6.45, 7) is 6.26. The fourth-order valence-electron chi connectivity index (χ4n) is 3.59. The minimum atomic E-state index is -0.688.